The molecule has 47 heavy (non-hydrogen) atoms. The molecule has 6 rings (SSSR count). The van der Waals surface area contributed by atoms with Gasteiger partial charge in [0.25, 0.3) is 0 Å². The van der Waals surface area contributed by atoms with Crippen LogP contribution in [0, 0.1) is 11.3 Å². The Kier molecular flexibility index (Phi) is 8.95. The molecule has 0 bridgehead atoms. The van der Waals surface area contributed by atoms with Gasteiger partial charge in [0.15, 0.2) is 0 Å². The topological polar surface area (TPSA) is 63.5 Å². The summed E-state index contributed by atoms with van der Waals surface area (Å²) in [5.41, 5.74) is 9.04. The first kappa shape index (κ1) is 31.0. The average molecular weight is 617 g/mol. The van der Waals surface area contributed by atoms with Crippen molar-refractivity contribution in [3.8, 4) is 56.7 Å². The van der Waals surface area contributed by atoms with Gasteiger partial charge in [0.1, 0.15) is 22.7 Å². The number of rotatable bonds is 10. The van der Waals surface area contributed by atoms with Crippen molar-refractivity contribution in [2.24, 2.45) is 0 Å². The van der Waals surface area contributed by atoms with Crippen LogP contribution in [0.3, 0.4) is 0 Å². The van der Waals surface area contributed by atoms with Gasteiger partial charge in [-0.2, -0.15) is 5.26 Å². The van der Waals surface area contributed by atoms with Crippen LogP contribution in [-0.2, 0) is 5.41 Å². The van der Waals surface area contributed by atoms with Gasteiger partial charge in [-0.25, -0.2) is 0 Å². The fraction of sp³-hybridized carbons (Fsp3) is 0.119. The van der Waals surface area contributed by atoms with Crippen molar-refractivity contribution < 1.29 is 14.2 Å². The lowest BCUT2D eigenvalue weighted by Gasteiger charge is -2.27. The molecule has 0 aliphatic carbocycles. The molecule has 5 heteroatoms. The lowest BCUT2D eigenvalue weighted by atomic mass is 9.75. The Morgan fingerprint density at radius 2 is 0.851 bits per heavy atom. The van der Waals surface area contributed by atoms with Crippen LogP contribution in [0.15, 0.2) is 140 Å². The van der Waals surface area contributed by atoms with E-state index in [9.17, 15) is 5.26 Å². The van der Waals surface area contributed by atoms with Crippen LogP contribution >= 0.6 is 0 Å². The first-order valence-electron chi connectivity index (χ1n) is 15.4. The van der Waals surface area contributed by atoms with Crippen LogP contribution in [0.2, 0.25) is 0 Å². The lowest BCUT2D eigenvalue weighted by Crippen LogP contribution is -2.23. The fourth-order valence-corrected chi connectivity index (χ4v) is 5.77. The standard InChI is InChI=1S/C42H36N2O3/c1-42(28-43,35-16-5-29(6-17-35)31-9-20-37(45-2)21-10-31)40-27-34(33-13-24-39(47-4)25-14-33)15-26-41(40)44-36-18-7-30(8-19-36)32-11-22-38(46-3)23-12-32/h5-27,44H,1-4H3. The van der Waals surface area contributed by atoms with Gasteiger partial charge in [0.2, 0.25) is 0 Å². The normalized spacial score (nSPS) is 12.0. The molecule has 0 aliphatic rings. The molecular formula is C42H36N2O3. The number of methoxy groups -OCH3 is 3. The molecule has 0 aromatic heterocycles. The van der Waals surface area contributed by atoms with Crippen molar-refractivity contribution in [3.05, 3.63) is 151 Å². The molecule has 0 spiro atoms. The Morgan fingerprint density at radius 1 is 0.489 bits per heavy atom. The SMILES string of the molecule is COc1ccc(-c2ccc(Nc3ccc(-c4ccc(OC)cc4)cc3C(C)(C#N)c3ccc(-c4ccc(OC)cc4)cc3)cc2)cc1. The zero-order chi connectivity index (χ0) is 32.8. The largest absolute Gasteiger partial charge is 0.497 e. The van der Waals surface area contributed by atoms with Gasteiger partial charge < -0.3 is 19.5 Å². The molecule has 0 radical (unpaired) electrons. The third-order valence-corrected chi connectivity index (χ3v) is 8.68. The Labute approximate surface area is 276 Å². The van der Waals surface area contributed by atoms with Crippen molar-refractivity contribution >= 4 is 11.4 Å². The molecule has 1 unspecified atom stereocenters. The van der Waals surface area contributed by atoms with E-state index < -0.39 is 5.41 Å². The summed E-state index contributed by atoms with van der Waals surface area (Å²) in [5, 5.41) is 14.5. The number of hydrogen-bond acceptors (Lipinski definition) is 5. The van der Waals surface area contributed by atoms with E-state index in [0.29, 0.717) is 0 Å². The van der Waals surface area contributed by atoms with Gasteiger partial charge >= 0.3 is 0 Å². The molecule has 1 N–H and O–H groups in total. The molecule has 0 aliphatic heterocycles. The summed E-state index contributed by atoms with van der Waals surface area (Å²) < 4.78 is 16.0. The molecular weight excluding hydrogens is 580 g/mol. The van der Waals surface area contributed by atoms with E-state index in [-0.39, 0.29) is 0 Å². The van der Waals surface area contributed by atoms with E-state index in [1.807, 2.05) is 67.6 Å². The summed E-state index contributed by atoms with van der Waals surface area (Å²) in [5.74, 6) is 2.44. The van der Waals surface area contributed by atoms with Gasteiger partial charge in [-0.05, 0) is 107 Å². The first-order chi connectivity index (χ1) is 22.9. The van der Waals surface area contributed by atoms with Crippen LogP contribution in [0.5, 0.6) is 17.2 Å². The summed E-state index contributed by atoms with van der Waals surface area (Å²) in [6.45, 7) is 1.99. The minimum Gasteiger partial charge on any atom is -0.497 e. The second-order valence-electron chi connectivity index (χ2n) is 11.5. The smallest absolute Gasteiger partial charge is 0.118 e. The minimum absolute atomic E-state index is 0.796. The molecule has 6 aromatic carbocycles. The number of nitrogens with one attached hydrogen (secondary N) is 1. The van der Waals surface area contributed by atoms with E-state index in [4.69, 9.17) is 14.2 Å². The molecule has 0 fully saturated rings. The number of anilines is 2. The van der Waals surface area contributed by atoms with E-state index in [2.05, 4.69) is 90.2 Å². The highest BCUT2D eigenvalue weighted by Crippen LogP contribution is 2.41. The maximum atomic E-state index is 10.8. The van der Waals surface area contributed by atoms with Crippen molar-refractivity contribution in [2.45, 2.75) is 12.3 Å². The van der Waals surface area contributed by atoms with Crippen LogP contribution < -0.4 is 19.5 Å². The Bertz CT molecular complexity index is 1990. The Balaban J connectivity index is 1.37. The number of nitriles is 1. The van der Waals surface area contributed by atoms with Crippen LogP contribution in [0.4, 0.5) is 11.4 Å². The Morgan fingerprint density at radius 3 is 1.26 bits per heavy atom. The number of nitrogens with zero attached hydrogens (tertiary/aromatic N) is 1. The number of ether oxygens (including phenoxy) is 3. The third kappa shape index (κ3) is 6.54. The second-order valence-corrected chi connectivity index (χ2v) is 11.5. The van der Waals surface area contributed by atoms with Crippen molar-refractivity contribution in [2.75, 3.05) is 26.6 Å². The molecule has 1 atom stereocenters. The predicted molar refractivity (Wildman–Crippen MR) is 191 cm³/mol. The quantitative estimate of drug-likeness (QED) is 0.166. The van der Waals surface area contributed by atoms with E-state index in [1.54, 1.807) is 21.3 Å². The monoisotopic (exact) mass is 616 g/mol. The van der Waals surface area contributed by atoms with E-state index in [1.165, 1.54) is 0 Å². The predicted octanol–water partition coefficient (Wildman–Crippen LogP) is 10.3. The van der Waals surface area contributed by atoms with Crippen LogP contribution in [-0.4, -0.2) is 21.3 Å². The molecule has 232 valence electrons. The van der Waals surface area contributed by atoms with Crippen LogP contribution in [0.1, 0.15) is 18.1 Å². The number of benzene rings is 6. The summed E-state index contributed by atoms with van der Waals surface area (Å²) in [6, 6.07) is 49.5. The molecule has 0 saturated heterocycles. The third-order valence-electron chi connectivity index (χ3n) is 8.68. The lowest BCUT2D eigenvalue weighted by molar-refractivity contribution is 0.415. The highest BCUT2D eigenvalue weighted by Gasteiger charge is 2.32. The highest BCUT2D eigenvalue weighted by atomic mass is 16.5. The fourth-order valence-electron chi connectivity index (χ4n) is 5.77. The van der Waals surface area contributed by atoms with Crippen LogP contribution in [0.25, 0.3) is 33.4 Å². The number of hydrogen-bond donors (Lipinski definition) is 1. The summed E-state index contributed by atoms with van der Waals surface area (Å²) >= 11 is 0. The zero-order valence-electron chi connectivity index (χ0n) is 27.0. The summed E-state index contributed by atoms with van der Waals surface area (Å²) in [6.07, 6.45) is 0. The van der Waals surface area contributed by atoms with Crippen molar-refractivity contribution in [1.29, 1.82) is 5.26 Å². The van der Waals surface area contributed by atoms with E-state index >= 15 is 0 Å². The molecule has 5 nitrogen and oxygen atoms in total. The molecule has 6 aromatic rings. The van der Waals surface area contributed by atoms with Gasteiger partial charge in [-0.3, -0.25) is 0 Å². The van der Waals surface area contributed by atoms with Gasteiger partial charge in [0, 0.05) is 16.9 Å². The van der Waals surface area contributed by atoms with Gasteiger partial charge in [0.05, 0.1) is 27.4 Å². The van der Waals surface area contributed by atoms with Crippen molar-refractivity contribution in [1.82, 2.24) is 0 Å². The Hall–Kier alpha value is -5.99. The molecule has 0 heterocycles. The van der Waals surface area contributed by atoms with Gasteiger partial charge in [-0.15, -0.1) is 0 Å². The van der Waals surface area contributed by atoms with E-state index in [0.717, 1.165) is 73.1 Å². The molecule has 0 amide bonds. The van der Waals surface area contributed by atoms with Gasteiger partial charge in [-0.1, -0.05) is 78.9 Å². The average Bonchev–Trinajstić information content (AvgIpc) is 3.15. The summed E-state index contributed by atoms with van der Waals surface area (Å²) in [7, 11) is 4.99. The highest BCUT2D eigenvalue weighted by molar-refractivity contribution is 5.76. The summed E-state index contributed by atoms with van der Waals surface area (Å²) in [4.78, 5) is 0. The van der Waals surface area contributed by atoms with Crippen molar-refractivity contribution in [3.63, 3.8) is 0 Å². The zero-order valence-corrected chi connectivity index (χ0v) is 27.0. The first-order valence-corrected chi connectivity index (χ1v) is 15.4. The maximum absolute atomic E-state index is 10.8. The second kappa shape index (κ2) is 13.6. The molecule has 0 saturated carbocycles. The minimum atomic E-state index is -0.952. The maximum Gasteiger partial charge on any atom is 0.118 e.